The molecule has 6 nitrogen and oxygen atoms in total. The van der Waals surface area contributed by atoms with Crippen molar-refractivity contribution in [3.8, 4) is 0 Å². The lowest BCUT2D eigenvalue weighted by Gasteiger charge is -2.11. The molecule has 1 heterocycles. The van der Waals surface area contributed by atoms with Gasteiger partial charge < -0.3 is 10.4 Å². The second-order valence-corrected chi connectivity index (χ2v) is 5.43. The van der Waals surface area contributed by atoms with Crippen LogP contribution in [0.25, 0.3) is 0 Å². The van der Waals surface area contributed by atoms with Gasteiger partial charge in [-0.3, -0.25) is 5.32 Å². The van der Waals surface area contributed by atoms with E-state index in [1.54, 1.807) is 0 Å². The molecule has 0 radical (unpaired) electrons. The molecule has 0 aliphatic rings. The summed E-state index contributed by atoms with van der Waals surface area (Å²) in [6.45, 7) is 2.21. The molecule has 21 heavy (non-hydrogen) atoms. The molecule has 1 aromatic carbocycles. The molecule has 0 bridgehead atoms. The third-order valence-electron chi connectivity index (χ3n) is 2.97. The normalized spacial score (nSPS) is 11.9. The van der Waals surface area contributed by atoms with Crippen LogP contribution in [0.3, 0.4) is 0 Å². The van der Waals surface area contributed by atoms with Crippen molar-refractivity contribution in [1.82, 2.24) is 15.5 Å². The number of benzene rings is 1. The van der Waals surface area contributed by atoms with E-state index in [1.165, 1.54) is 16.9 Å². The lowest BCUT2D eigenvalue weighted by Crippen LogP contribution is -2.30. The molecular weight excluding hydrogens is 288 g/mol. The zero-order valence-corrected chi connectivity index (χ0v) is 12.6. The number of hydrogen-bond acceptors (Lipinski definition) is 5. The maximum atomic E-state index is 11.5. The van der Waals surface area contributed by atoms with Crippen LogP contribution in [0.1, 0.15) is 29.8 Å². The minimum absolute atomic E-state index is 0.0965. The first kappa shape index (κ1) is 15.4. The molecule has 0 aliphatic carbocycles. The number of urea groups is 1. The molecule has 1 aromatic heterocycles. The van der Waals surface area contributed by atoms with E-state index in [-0.39, 0.29) is 25.1 Å². The Bertz CT molecular complexity index is 573. The molecule has 1 unspecified atom stereocenters. The number of aliphatic hydroxyl groups is 1. The number of aromatic nitrogens is 2. The lowest BCUT2D eigenvalue weighted by molar-refractivity contribution is 0.245. The number of carbonyl (C=O) groups is 1. The molecule has 2 aromatic rings. The first-order chi connectivity index (χ1) is 10.2. The molecule has 2 rings (SSSR count). The van der Waals surface area contributed by atoms with E-state index in [0.29, 0.717) is 5.13 Å². The van der Waals surface area contributed by atoms with Crippen LogP contribution in [0, 0.1) is 0 Å². The number of rotatable bonds is 6. The van der Waals surface area contributed by atoms with Crippen LogP contribution >= 0.6 is 11.3 Å². The average molecular weight is 306 g/mol. The maximum absolute atomic E-state index is 11.5. The van der Waals surface area contributed by atoms with Crippen LogP contribution in [-0.2, 0) is 0 Å². The fourth-order valence-corrected chi connectivity index (χ4v) is 2.93. The Morgan fingerprint density at radius 2 is 2.10 bits per heavy atom. The van der Waals surface area contributed by atoms with Crippen molar-refractivity contribution in [3.05, 3.63) is 40.9 Å². The smallest absolute Gasteiger partial charge is 0.321 e. The standard InChI is InChI=1S/C14H18N4O2S/c1-2-11(10-6-4-3-5-7-10)12-17-18-14(21-12)16-13(20)15-8-9-19/h3-7,11,19H,2,8-9H2,1H3,(H2,15,16,18,20). The molecule has 0 aliphatic heterocycles. The van der Waals surface area contributed by atoms with Crippen LogP contribution in [-0.4, -0.2) is 34.5 Å². The Labute approximate surface area is 127 Å². The van der Waals surface area contributed by atoms with E-state index in [2.05, 4.69) is 39.9 Å². The second kappa shape index (κ2) is 7.70. The van der Waals surface area contributed by atoms with E-state index in [1.807, 2.05) is 18.2 Å². The fourth-order valence-electron chi connectivity index (χ4n) is 1.97. The highest BCUT2D eigenvalue weighted by Crippen LogP contribution is 2.31. The van der Waals surface area contributed by atoms with Gasteiger partial charge in [0.25, 0.3) is 0 Å². The summed E-state index contributed by atoms with van der Waals surface area (Å²) in [5, 5.41) is 23.3. The average Bonchev–Trinajstić information content (AvgIpc) is 2.95. The summed E-state index contributed by atoms with van der Waals surface area (Å²) in [6, 6.07) is 9.72. The lowest BCUT2D eigenvalue weighted by atomic mass is 9.97. The molecule has 7 heteroatoms. The Hall–Kier alpha value is -1.99. The summed E-state index contributed by atoms with van der Waals surface area (Å²) in [6.07, 6.45) is 0.912. The number of nitrogens with one attached hydrogen (secondary N) is 2. The Balaban J connectivity index is 2.06. The van der Waals surface area contributed by atoms with Crippen molar-refractivity contribution in [2.24, 2.45) is 0 Å². The molecule has 1 atom stereocenters. The van der Waals surface area contributed by atoms with Crippen molar-refractivity contribution in [1.29, 1.82) is 0 Å². The van der Waals surface area contributed by atoms with Crippen molar-refractivity contribution >= 4 is 22.5 Å². The third-order valence-corrected chi connectivity index (χ3v) is 3.92. The summed E-state index contributed by atoms with van der Waals surface area (Å²) in [5.74, 6) is 0.180. The van der Waals surface area contributed by atoms with E-state index in [0.717, 1.165) is 11.4 Å². The predicted octanol–water partition coefficient (Wildman–Crippen LogP) is 2.19. The highest BCUT2D eigenvalue weighted by Gasteiger charge is 2.17. The van der Waals surface area contributed by atoms with Crippen LogP contribution in [0.4, 0.5) is 9.93 Å². The maximum Gasteiger partial charge on any atom is 0.321 e. The van der Waals surface area contributed by atoms with Crippen molar-refractivity contribution in [3.63, 3.8) is 0 Å². The first-order valence-electron chi connectivity index (χ1n) is 6.78. The van der Waals surface area contributed by atoms with Crippen molar-refractivity contribution in [2.45, 2.75) is 19.3 Å². The summed E-state index contributed by atoms with van der Waals surface area (Å²) < 4.78 is 0. The topological polar surface area (TPSA) is 87.1 Å². The molecule has 2 amide bonds. The second-order valence-electron chi connectivity index (χ2n) is 4.42. The van der Waals surface area contributed by atoms with Gasteiger partial charge in [0.2, 0.25) is 5.13 Å². The van der Waals surface area contributed by atoms with Crippen LogP contribution in [0.2, 0.25) is 0 Å². The number of hydrogen-bond donors (Lipinski definition) is 3. The first-order valence-corrected chi connectivity index (χ1v) is 7.60. The number of carbonyl (C=O) groups excluding carboxylic acids is 1. The molecule has 112 valence electrons. The highest BCUT2D eigenvalue weighted by atomic mass is 32.1. The fraction of sp³-hybridized carbons (Fsp3) is 0.357. The quantitative estimate of drug-likeness (QED) is 0.763. The van der Waals surface area contributed by atoms with E-state index in [4.69, 9.17) is 5.11 Å². The van der Waals surface area contributed by atoms with Gasteiger partial charge in [0.05, 0.1) is 6.61 Å². The van der Waals surface area contributed by atoms with E-state index >= 15 is 0 Å². The minimum Gasteiger partial charge on any atom is -0.395 e. The van der Waals surface area contributed by atoms with E-state index in [9.17, 15) is 4.79 Å². The van der Waals surface area contributed by atoms with Gasteiger partial charge in [0.15, 0.2) is 0 Å². The van der Waals surface area contributed by atoms with Gasteiger partial charge in [0.1, 0.15) is 5.01 Å². The zero-order chi connectivity index (χ0) is 15.1. The Kier molecular flexibility index (Phi) is 5.65. The van der Waals surface area contributed by atoms with Gasteiger partial charge in [0, 0.05) is 12.5 Å². The SMILES string of the molecule is CCC(c1ccccc1)c1nnc(NC(=O)NCCO)s1. The van der Waals surface area contributed by atoms with Gasteiger partial charge in [-0.2, -0.15) is 0 Å². The number of nitrogens with zero attached hydrogens (tertiary/aromatic N) is 2. The van der Waals surface area contributed by atoms with Gasteiger partial charge in [-0.15, -0.1) is 10.2 Å². The van der Waals surface area contributed by atoms with E-state index < -0.39 is 0 Å². The van der Waals surface area contributed by atoms with Crippen molar-refractivity contribution < 1.29 is 9.90 Å². The van der Waals surface area contributed by atoms with Gasteiger partial charge in [-0.05, 0) is 12.0 Å². The summed E-state index contributed by atoms with van der Waals surface area (Å²) in [5.41, 5.74) is 1.19. The van der Waals surface area contributed by atoms with Crippen LogP contribution in [0.15, 0.2) is 30.3 Å². The highest BCUT2D eigenvalue weighted by molar-refractivity contribution is 7.15. The molecule has 0 spiro atoms. The van der Waals surface area contributed by atoms with Crippen LogP contribution in [0.5, 0.6) is 0 Å². The summed E-state index contributed by atoms with van der Waals surface area (Å²) in [7, 11) is 0. The molecule has 0 fully saturated rings. The summed E-state index contributed by atoms with van der Waals surface area (Å²) >= 11 is 1.37. The number of anilines is 1. The number of aliphatic hydroxyl groups excluding tert-OH is 1. The number of amides is 2. The van der Waals surface area contributed by atoms with Gasteiger partial charge in [-0.25, -0.2) is 4.79 Å². The zero-order valence-electron chi connectivity index (χ0n) is 11.7. The van der Waals surface area contributed by atoms with Gasteiger partial charge >= 0.3 is 6.03 Å². The monoisotopic (exact) mass is 306 g/mol. The van der Waals surface area contributed by atoms with Gasteiger partial charge in [-0.1, -0.05) is 48.6 Å². The Morgan fingerprint density at radius 1 is 1.33 bits per heavy atom. The van der Waals surface area contributed by atoms with Crippen molar-refractivity contribution in [2.75, 3.05) is 18.5 Å². The third kappa shape index (κ3) is 4.24. The largest absolute Gasteiger partial charge is 0.395 e. The minimum atomic E-state index is -0.389. The molecule has 0 saturated heterocycles. The molecule has 3 N–H and O–H groups in total. The molecular formula is C14H18N4O2S. The molecule has 0 saturated carbocycles. The predicted molar refractivity (Wildman–Crippen MR) is 82.6 cm³/mol. The summed E-state index contributed by atoms with van der Waals surface area (Å²) in [4.78, 5) is 11.5. The van der Waals surface area contributed by atoms with Crippen LogP contribution < -0.4 is 10.6 Å². The Morgan fingerprint density at radius 3 is 2.76 bits per heavy atom.